The average Bonchev–Trinajstić information content (AvgIpc) is 2.92. The largest absolute Gasteiger partial charge is 0.372 e. The van der Waals surface area contributed by atoms with E-state index in [1.807, 2.05) is 18.2 Å². The number of rotatable bonds is 10. The Hall–Kier alpha value is -1.79. The molecule has 0 atom stereocenters. The summed E-state index contributed by atoms with van der Waals surface area (Å²) in [6.45, 7) is 12.9. The van der Waals surface area contributed by atoms with Crippen molar-refractivity contribution >= 4 is 34.7 Å². The van der Waals surface area contributed by atoms with Gasteiger partial charge in [0.1, 0.15) is 0 Å². The Labute approximate surface area is 167 Å². The van der Waals surface area contributed by atoms with Gasteiger partial charge in [-0.2, -0.15) is 0 Å². The van der Waals surface area contributed by atoms with Gasteiger partial charge >= 0.3 is 0 Å². The molecule has 1 aromatic rings. The molecule has 27 heavy (non-hydrogen) atoms. The Bertz CT molecular complexity index is 663. The third-order valence-electron chi connectivity index (χ3n) is 4.78. The zero-order chi connectivity index (χ0) is 19.8. The maximum absolute atomic E-state index is 12.7. The normalized spacial score (nSPS) is 16.0. The zero-order valence-corrected chi connectivity index (χ0v) is 17.8. The van der Waals surface area contributed by atoms with Gasteiger partial charge in [-0.25, -0.2) is 4.90 Å². The lowest BCUT2D eigenvalue weighted by atomic mass is 10.1. The molecule has 1 fully saturated rings. The highest BCUT2D eigenvalue weighted by Crippen LogP contribution is 2.31. The summed E-state index contributed by atoms with van der Waals surface area (Å²) in [5, 5.41) is -0.157. The van der Waals surface area contributed by atoms with Gasteiger partial charge in [-0.15, -0.1) is 0 Å². The van der Waals surface area contributed by atoms with E-state index in [1.165, 1.54) is 15.5 Å². The van der Waals surface area contributed by atoms with E-state index >= 15 is 0 Å². The second-order valence-corrected chi connectivity index (χ2v) is 7.77. The number of nitrogens with one attached hydrogen (secondary N) is 1. The van der Waals surface area contributed by atoms with Crippen LogP contribution in [0.5, 0.6) is 0 Å². The van der Waals surface area contributed by atoms with Crippen molar-refractivity contribution in [1.29, 1.82) is 0 Å². The molecule has 0 spiro atoms. The fraction of sp³-hybridized carbons (Fsp3) is 0.524. The minimum Gasteiger partial charge on any atom is -0.372 e. The van der Waals surface area contributed by atoms with E-state index in [9.17, 15) is 9.59 Å². The van der Waals surface area contributed by atoms with Crippen LogP contribution in [-0.2, 0) is 4.79 Å². The lowest BCUT2D eigenvalue weighted by molar-refractivity contribution is -0.907. The Balaban J connectivity index is 2.11. The van der Waals surface area contributed by atoms with Crippen LogP contribution in [0.2, 0.25) is 0 Å². The van der Waals surface area contributed by atoms with E-state index in [0.717, 1.165) is 56.3 Å². The number of hydrogen-bond donors (Lipinski definition) is 1. The average molecular weight is 391 g/mol. The van der Waals surface area contributed by atoms with E-state index in [4.69, 9.17) is 0 Å². The first-order chi connectivity index (χ1) is 13.0. The highest BCUT2D eigenvalue weighted by molar-refractivity contribution is 8.18. The summed E-state index contributed by atoms with van der Waals surface area (Å²) in [7, 11) is 0. The predicted octanol–water partition coefficient (Wildman–Crippen LogP) is 3.23. The predicted molar refractivity (Wildman–Crippen MR) is 114 cm³/mol. The van der Waals surface area contributed by atoms with Gasteiger partial charge in [0.25, 0.3) is 11.1 Å². The van der Waals surface area contributed by atoms with Gasteiger partial charge in [-0.1, -0.05) is 26.0 Å². The molecule has 1 N–H and O–H groups in total. The quantitative estimate of drug-likeness (QED) is 0.623. The molecule has 2 amide bonds. The number of amides is 2. The molecule has 6 heteroatoms. The van der Waals surface area contributed by atoms with Crippen molar-refractivity contribution in [3.63, 3.8) is 0 Å². The Morgan fingerprint density at radius 2 is 1.59 bits per heavy atom. The van der Waals surface area contributed by atoms with Crippen LogP contribution in [0, 0.1) is 0 Å². The van der Waals surface area contributed by atoms with Crippen LogP contribution in [0.15, 0.2) is 29.2 Å². The summed E-state index contributed by atoms with van der Waals surface area (Å²) in [5.74, 6) is -0.164. The number of carbonyl (C=O) groups is 2. The van der Waals surface area contributed by atoms with Crippen LogP contribution in [0.25, 0.3) is 6.08 Å². The first-order valence-electron chi connectivity index (χ1n) is 9.97. The van der Waals surface area contributed by atoms with Crippen LogP contribution < -0.4 is 9.80 Å². The molecule has 0 unspecified atom stereocenters. The second kappa shape index (κ2) is 10.5. The van der Waals surface area contributed by atoms with Crippen molar-refractivity contribution in [3.8, 4) is 0 Å². The summed E-state index contributed by atoms with van der Waals surface area (Å²) in [6, 6.07) is 8.15. The molecule has 148 valence electrons. The van der Waals surface area contributed by atoms with Crippen LogP contribution >= 0.6 is 11.8 Å². The monoisotopic (exact) mass is 390 g/mol. The van der Waals surface area contributed by atoms with E-state index in [-0.39, 0.29) is 11.1 Å². The molecule has 0 bridgehead atoms. The summed E-state index contributed by atoms with van der Waals surface area (Å²) in [6.07, 6.45) is 3.91. The van der Waals surface area contributed by atoms with E-state index in [0.29, 0.717) is 11.6 Å². The molecule has 0 radical (unpaired) electrons. The van der Waals surface area contributed by atoms with Gasteiger partial charge in [-0.05, 0) is 62.2 Å². The summed E-state index contributed by atoms with van der Waals surface area (Å²) in [5.41, 5.74) is 2.12. The van der Waals surface area contributed by atoms with E-state index in [2.05, 4.69) is 44.7 Å². The minimum absolute atomic E-state index is 0.157. The van der Waals surface area contributed by atoms with Crippen LogP contribution in [0.1, 0.15) is 46.1 Å². The SMILES string of the molecule is CCC[NH+](CCC)CN1C(=O)S/C(=C/c2ccc(N(CC)CC)cc2)C1=O. The van der Waals surface area contributed by atoms with Crippen molar-refractivity contribution in [2.24, 2.45) is 0 Å². The molecule has 0 saturated carbocycles. The lowest BCUT2D eigenvalue weighted by Gasteiger charge is -2.22. The van der Waals surface area contributed by atoms with Crippen LogP contribution in [0.4, 0.5) is 10.5 Å². The highest BCUT2D eigenvalue weighted by Gasteiger charge is 2.37. The zero-order valence-electron chi connectivity index (χ0n) is 17.0. The first-order valence-corrected chi connectivity index (χ1v) is 10.8. The summed E-state index contributed by atoms with van der Waals surface area (Å²) >= 11 is 1.05. The molecular formula is C21H32N3O2S+. The Kier molecular flexibility index (Phi) is 8.38. The Morgan fingerprint density at radius 1 is 1.00 bits per heavy atom. The molecule has 1 heterocycles. The smallest absolute Gasteiger partial charge is 0.298 e. The lowest BCUT2D eigenvalue weighted by Crippen LogP contribution is -3.13. The molecule has 2 rings (SSSR count). The number of thioether (sulfide) groups is 1. The standard InChI is InChI=1S/C21H31N3O2S/c1-5-13-22(14-6-2)16-24-20(25)19(27-21(24)26)15-17-9-11-18(12-10-17)23(7-3)8-4/h9-12,15H,5-8,13-14,16H2,1-4H3/p+1/b19-15+. The van der Waals surface area contributed by atoms with Crippen molar-refractivity contribution in [3.05, 3.63) is 34.7 Å². The number of nitrogens with zero attached hydrogens (tertiary/aromatic N) is 2. The topological polar surface area (TPSA) is 45.1 Å². The number of anilines is 1. The summed E-state index contributed by atoms with van der Waals surface area (Å²) in [4.78, 5) is 30.6. The third kappa shape index (κ3) is 5.59. The van der Waals surface area contributed by atoms with Gasteiger partial charge in [-0.3, -0.25) is 9.59 Å². The Morgan fingerprint density at radius 3 is 2.11 bits per heavy atom. The van der Waals surface area contributed by atoms with E-state index in [1.54, 1.807) is 0 Å². The second-order valence-electron chi connectivity index (χ2n) is 6.78. The van der Waals surface area contributed by atoms with Gasteiger partial charge in [0.2, 0.25) is 0 Å². The molecule has 1 aromatic carbocycles. The molecule has 0 aliphatic carbocycles. The molecule has 1 aliphatic heterocycles. The summed E-state index contributed by atoms with van der Waals surface area (Å²) < 4.78 is 0. The van der Waals surface area contributed by atoms with Crippen molar-refractivity contribution < 1.29 is 14.5 Å². The van der Waals surface area contributed by atoms with Crippen molar-refractivity contribution in [2.75, 3.05) is 37.7 Å². The molecule has 0 aromatic heterocycles. The minimum atomic E-state index is -0.164. The van der Waals surface area contributed by atoms with Gasteiger partial charge in [0.05, 0.1) is 18.0 Å². The van der Waals surface area contributed by atoms with Crippen molar-refractivity contribution in [2.45, 2.75) is 40.5 Å². The van der Waals surface area contributed by atoms with E-state index < -0.39 is 0 Å². The number of quaternary nitrogens is 1. The fourth-order valence-electron chi connectivity index (χ4n) is 3.37. The molecular weight excluding hydrogens is 358 g/mol. The number of hydrogen-bond acceptors (Lipinski definition) is 4. The van der Waals surface area contributed by atoms with Gasteiger partial charge < -0.3 is 9.80 Å². The number of carbonyl (C=O) groups excluding carboxylic acids is 2. The maximum atomic E-state index is 12.7. The number of imide groups is 1. The first kappa shape index (κ1) is 21.5. The van der Waals surface area contributed by atoms with Gasteiger partial charge in [0, 0.05) is 18.8 Å². The fourth-order valence-corrected chi connectivity index (χ4v) is 4.21. The molecule has 5 nitrogen and oxygen atoms in total. The maximum Gasteiger partial charge on any atom is 0.298 e. The van der Waals surface area contributed by atoms with Crippen molar-refractivity contribution in [1.82, 2.24) is 4.90 Å². The van der Waals surface area contributed by atoms with Crippen LogP contribution in [0.3, 0.4) is 0 Å². The van der Waals surface area contributed by atoms with Gasteiger partial charge in [0.15, 0.2) is 6.67 Å². The number of benzene rings is 1. The van der Waals surface area contributed by atoms with Crippen LogP contribution in [-0.4, -0.2) is 48.9 Å². The molecule has 1 aliphatic rings. The highest BCUT2D eigenvalue weighted by atomic mass is 32.2. The third-order valence-corrected chi connectivity index (χ3v) is 5.69. The molecule has 1 saturated heterocycles.